The van der Waals surface area contributed by atoms with E-state index < -0.39 is 0 Å². The molecule has 0 unspecified atom stereocenters. The molecule has 0 atom stereocenters. The van der Waals surface area contributed by atoms with Crippen molar-refractivity contribution in [2.75, 3.05) is 45.4 Å². The fraction of sp³-hybridized carbons (Fsp3) is 0.286. The molecule has 0 amide bonds. The molecule has 26 heavy (non-hydrogen) atoms. The molecule has 0 N–H and O–H groups in total. The lowest BCUT2D eigenvalue weighted by Crippen LogP contribution is -2.36. The van der Waals surface area contributed by atoms with Crippen molar-refractivity contribution < 1.29 is 19.0 Å². The van der Waals surface area contributed by atoms with Gasteiger partial charge in [0, 0.05) is 29.9 Å². The van der Waals surface area contributed by atoms with Crippen LogP contribution in [0.4, 0.5) is 5.69 Å². The molecule has 1 fully saturated rings. The van der Waals surface area contributed by atoms with E-state index in [-0.39, 0.29) is 5.78 Å². The summed E-state index contributed by atoms with van der Waals surface area (Å²) in [6, 6.07) is 13.3. The van der Waals surface area contributed by atoms with Gasteiger partial charge in [0.05, 0.1) is 27.4 Å². The molecule has 1 aliphatic rings. The van der Waals surface area contributed by atoms with Crippen LogP contribution in [-0.4, -0.2) is 46.3 Å². The topological polar surface area (TPSA) is 48.0 Å². The number of rotatable bonds is 6. The minimum absolute atomic E-state index is 0.0524. The van der Waals surface area contributed by atoms with Crippen LogP contribution < -0.4 is 14.4 Å². The quantitative estimate of drug-likeness (QED) is 0.588. The minimum atomic E-state index is -0.0524. The number of ether oxygens (including phenoxy) is 3. The zero-order valence-electron chi connectivity index (χ0n) is 15.1. The van der Waals surface area contributed by atoms with Crippen molar-refractivity contribution in [1.82, 2.24) is 0 Å². The van der Waals surface area contributed by atoms with Crippen molar-refractivity contribution in [2.45, 2.75) is 0 Å². The van der Waals surface area contributed by atoms with Gasteiger partial charge in [-0.25, -0.2) is 0 Å². The Bertz CT molecular complexity index is 777. The third-order valence-electron chi connectivity index (χ3n) is 4.38. The summed E-state index contributed by atoms with van der Waals surface area (Å²) in [4.78, 5) is 14.7. The minimum Gasteiger partial charge on any atom is -0.493 e. The molecule has 0 saturated carbocycles. The molecule has 5 heteroatoms. The van der Waals surface area contributed by atoms with Crippen molar-refractivity contribution in [1.29, 1.82) is 0 Å². The van der Waals surface area contributed by atoms with Crippen LogP contribution in [0.15, 0.2) is 48.5 Å². The third-order valence-corrected chi connectivity index (χ3v) is 4.38. The Hall–Kier alpha value is -2.79. The number of allylic oxidation sites excluding steroid dienone is 1. The second kappa shape index (κ2) is 8.54. The Balaban J connectivity index is 1.73. The van der Waals surface area contributed by atoms with Crippen LogP contribution in [0, 0.1) is 0 Å². The predicted molar refractivity (Wildman–Crippen MR) is 102 cm³/mol. The Morgan fingerprint density at radius 2 is 1.77 bits per heavy atom. The van der Waals surface area contributed by atoms with Crippen molar-refractivity contribution in [3.8, 4) is 11.5 Å². The summed E-state index contributed by atoms with van der Waals surface area (Å²) in [6.45, 7) is 3.24. The number of carbonyl (C=O) groups excluding carboxylic acids is 1. The average Bonchev–Trinajstić information content (AvgIpc) is 2.72. The van der Waals surface area contributed by atoms with Gasteiger partial charge in [-0.3, -0.25) is 4.79 Å². The summed E-state index contributed by atoms with van der Waals surface area (Å²) < 4.78 is 16.0. The van der Waals surface area contributed by atoms with Crippen LogP contribution in [0.2, 0.25) is 0 Å². The maximum absolute atomic E-state index is 12.5. The number of carbonyl (C=O) groups is 1. The van der Waals surface area contributed by atoms with E-state index in [9.17, 15) is 4.79 Å². The highest BCUT2D eigenvalue weighted by Gasteiger charge is 2.12. The Morgan fingerprint density at radius 1 is 1.04 bits per heavy atom. The largest absolute Gasteiger partial charge is 0.493 e. The van der Waals surface area contributed by atoms with Crippen molar-refractivity contribution in [3.63, 3.8) is 0 Å². The first kappa shape index (κ1) is 18.0. The SMILES string of the molecule is COc1cccc(/C=C\C(=O)c2ccc(N3CCOCC3)cc2)c1OC. The normalized spacial score (nSPS) is 14.5. The number of anilines is 1. The molecule has 1 saturated heterocycles. The van der Waals surface area contributed by atoms with E-state index >= 15 is 0 Å². The second-order valence-electron chi connectivity index (χ2n) is 5.93. The standard InChI is InChI=1S/C21H23NO4/c1-24-20-5-3-4-17(21(20)25-2)8-11-19(23)16-6-9-18(10-7-16)22-12-14-26-15-13-22/h3-11H,12-15H2,1-2H3/b11-8-. The highest BCUT2D eigenvalue weighted by atomic mass is 16.5. The van der Waals surface area contributed by atoms with Gasteiger partial charge in [-0.05, 0) is 42.5 Å². The zero-order valence-corrected chi connectivity index (χ0v) is 15.1. The van der Waals surface area contributed by atoms with Gasteiger partial charge < -0.3 is 19.1 Å². The van der Waals surface area contributed by atoms with Gasteiger partial charge in [0.2, 0.25) is 0 Å². The Kier molecular flexibility index (Phi) is 5.92. The maximum atomic E-state index is 12.5. The van der Waals surface area contributed by atoms with Crippen LogP contribution in [0.25, 0.3) is 6.08 Å². The molecule has 5 nitrogen and oxygen atoms in total. The molecule has 2 aromatic carbocycles. The van der Waals surface area contributed by atoms with Gasteiger partial charge in [0.15, 0.2) is 17.3 Å². The molecular formula is C21H23NO4. The van der Waals surface area contributed by atoms with Gasteiger partial charge in [-0.2, -0.15) is 0 Å². The first-order chi connectivity index (χ1) is 12.7. The van der Waals surface area contributed by atoms with Gasteiger partial charge in [0.1, 0.15) is 0 Å². The highest BCUT2D eigenvalue weighted by molar-refractivity contribution is 6.07. The Morgan fingerprint density at radius 3 is 2.42 bits per heavy atom. The van der Waals surface area contributed by atoms with Crippen LogP contribution in [-0.2, 0) is 4.74 Å². The third kappa shape index (κ3) is 4.06. The van der Waals surface area contributed by atoms with Crippen LogP contribution >= 0.6 is 0 Å². The number of morpholine rings is 1. The number of para-hydroxylation sites is 1. The fourth-order valence-electron chi connectivity index (χ4n) is 2.96. The summed E-state index contributed by atoms with van der Waals surface area (Å²) in [5.41, 5.74) is 2.56. The first-order valence-corrected chi connectivity index (χ1v) is 8.59. The van der Waals surface area contributed by atoms with Gasteiger partial charge in [0.25, 0.3) is 0 Å². The lowest BCUT2D eigenvalue weighted by molar-refractivity contribution is 0.104. The average molecular weight is 353 g/mol. The van der Waals surface area contributed by atoms with E-state index in [0.717, 1.165) is 37.6 Å². The van der Waals surface area contributed by atoms with E-state index in [1.54, 1.807) is 26.4 Å². The molecule has 1 aliphatic heterocycles. The van der Waals surface area contributed by atoms with E-state index in [4.69, 9.17) is 14.2 Å². The monoisotopic (exact) mass is 353 g/mol. The molecule has 0 aliphatic carbocycles. The highest BCUT2D eigenvalue weighted by Crippen LogP contribution is 2.31. The molecule has 0 aromatic heterocycles. The molecule has 136 valence electrons. The molecule has 2 aromatic rings. The van der Waals surface area contributed by atoms with E-state index in [2.05, 4.69) is 4.90 Å². The van der Waals surface area contributed by atoms with Crippen molar-refractivity contribution >= 4 is 17.5 Å². The zero-order chi connectivity index (χ0) is 18.4. The summed E-state index contributed by atoms with van der Waals surface area (Å²) in [7, 11) is 3.17. The number of hydrogen-bond acceptors (Lipinski definition) is 5. The number of benzene rings is 2. The van der Waals surface area contributed by atoms with Crippen molar-refractivity contribution in [2.24, 2.45) is 0 Å². The van der Waals surface area contributed by atoms with E-state index in [0.29, 0.717) is 17.1 Å². The van der Waals surface area contributed by atoms with Crippen LogP contribution in [0.3, 0.4) is 0 Å². The number of nitrogens with zero attached hydrogens (tertiary/aromatic N) is 1. The summed E-state index contributed by atoms with van der Waals surface area (Å²) in [5, 5.41) is 0. The fourth-order valence-corrected chi connectivity index (χ4v) is 2.96. The van der Waals surface area contributed by atoms with Crippen LogP contribution in [0.1, 0.15) is 15.9 Å². The lowest BCUT2D eigenvalue weighted by Gasteiger charge is -2.28. The molecule has 0 spiro atoms. The smallest absolute Gasteiger partial charge is 0.185 e. The molecule has 0 bridgehead atoms. The maximum Gasteiger partial charge on any atom is 0.185 e. The first-order valence-electron chi connectivity index (χ1n) is 8.59. The Labute approximate surface area is 153 Å². The summed E-state index contributed by atoms with van der Waals surface area (Å²) >= 11 is 0. The van der Waals surface area contributed by atoms with E-state index in [1.807, 2.05) is 42.5 Å². The summed E-state index contributed by atoms with van der Waals surface area (Å²) in [6.07, 6.45) is 3.31. The predicted octanol–water partition coefficient (Wildman–Crippen LogP) is 3.44. The molecule has 3 rings (SSSR count). The number of hydrogen-bond donors (Lipinski definition) is 0. The number of methoxy groups -OCH3 is 2. The van der Waals surface area contributed by atoms with Gasteiger partial charge >= 0.3 is 0 Å². The van der Waals surface area contributed by atoms with Gasteiger partial charge in [-0.1, -0.05) is 12.1 Å². The van der Waals surface area contributed by atoms with Gasteiger partial charge in [-0.15, -0.1) is 0 Å². The molecular weight excluding hydrogens is 330 g/mol. The number of ketones is 1. The second-order valence-corrected chi connectivity index (χ2v) is 5.93. The molecule has 1 heterocycles. The van der Waals surface area contributed by atoms with Crippen molar-refractivity contribution in [3.05, 3.63) is 59.7 Å². The van der Waals surface area contributed by atoms with Crippen LogP contribution in [0.5, 0.6) is 11.5 Å². The summed E-state index contributed by atoms with van der Waals surface area (Å²) in [5.74, 6) is 1.20. The van der Waals surface area contributed by atoms with E-state index in [1.165, 1.54) is 0 Å². The lowest BCUT2D eigenvalue weighted by atomic mass is 10.1. The molecule has 0 radical (unpaired) electrons.